The minimum atomic E-state index is -3.95. The van der Waals surface area contributed by atoms with E-state index in [9.17, 15) is 18.5 Å². The minimum Gasteiger partial charge on any atom is -0.393 e. The van der Waals surface area contributed by atoms with Crippen LogP contribution < -0.4 is 5.73 Å². The number of sulfonamides is 1. The first-order valence-electron chi connectivity index (χ1n) is 6.83. The first kappa shape index (κ1) is 15.7. The zero-order valence-electron chi connectivity index (χ0n) is 12.0. The van der Waals surface area contributed by atoms with Gasteiger partial charge in [0.05, 0.1) is 4.92 Å². The van der Waals surface area contributed by atoms with Crippen LogP contribution in [-0.2, 0) is 10.0 Å². The van der Waals surface area contributed by atoms with Crippen molar-refractivity contribution < 1.29 is 13.3 Å². The molecular formula is C13H19N3O4S. The number of hydrogen-bond acceptors (Lipinski definition) is 5. The molecule has 0 spiro atoms. The summed E-state index contributed by atoms with van der Waals surface area (Å²) in [5, 5.41) is 11.2. The number of anilines is 1. The van der Waals surface area contributed by atoms with Crippen molar-refractivity contribution in [1.82, 2.24) is 4.31 Å². The highest BCUT2D eigenvalue weighted by Gasteiger charge is 2.39. The summed E-state index contributed by atoms with van der Waals surface area (Å²) >= 11 is 0. The lowest BCUT2D eigenvalue weighted by Gasteiger charge is -2.37. The van der Waals surface area contributed by atoms with Crippen molar-refractivity contribution in [2.24, 2.45) is 0 Å². The smallest absolute Gasteiger partial charge is 0.312 e. The normalized spacial score (nSPS) is 23.9. The summed E-state index contributed by atoms with van der Waals surface area (Å²) in [4.78, 5) is 10.1. The Balaban J connectivity index is 2.59. The molecular weight excluding hydrogens is 294 g/mol. The highest BCUT2D eigenvalue weighted by molar-refractivity contribution is 7.89. The highest BCUT2D eigenvalue weighted by Crippen LogP contribution is 2.36. The molecule has 116 valence electrons. The molecule has 0 bridgehead atoms. The molecule has 7 nitrogen and oxygen atoms in total. The number of nitrogen functional groups attached to an aromatic ring is 1. The third-order valence-electron chi connectivity index (χ3n) is 3.88. The molecule has 1 aliphatic heterocycles. The van der Waals surface area contributed by atoms with Gasteiger partial charge in [-0.3, -0.25) is 10.1 Å². The number of nitro groups is 1. The molecule has 2 N–H and O–H groups in total. The maximum atomic E-state index is 12.9. The number of para-hydroxylation sites is 1. The summed E-state index contributed by atoms with van der Waals surface area (Å²) in [7, 11) is -3.95. The predicted molar refractivity (Wildman–Crippen MR) is 79.3 cm³/mol. The summed E-state index contributed by atoms with van der Waals surface area (Å²) in [5.74, 6) is 0. The van der Waals surface area contributed by atoms with Crippen LogP contribution in [0.25, 0.3) is 0 Å². The van der Waals surface area contributed by atoms with E-state index in [2.05, 4.69) is 0 Å². The summed E-state index contributed by atoms with van der Waals surface area (Å²) < 4.78 is 27.1. The van der Waals surface area contributed by atoms with Crippen LogP contribution in [-0.4, -0.2) is 29.7 Å². The second-order valence-electron chi connectivity index (χ2n) is 5.41. The molecule has 1 aromatic carbocycles. The van der Waals surface area contributed by atoms with Crippen molar-refractivity contribution in [3.63, 3.8) is 0 Å². The molecule has 0 aliphatic carbocycles. The first-order valence-corrected chi connectivity index (χ1v) is 8.27. The van der Waals surface area contributed by atoms with Crippen molar-refractivity contribution in [3.05, 3.63) is 28.3 Å². The van der Waals surface area contributed by atoms with Crippen molar-refractivity contribution in [1.29, 1.82) is 0 Å². The first-order chi connectivity index (χ1) is 9.76. The summed E-state index contributed by atoms with van der Waals surface area (Å²) in [6, 6.07) is 3.65. The molecule has 0 unspecified atom stereocenters. The Morgan fingerprint density at radius 2 is 1.86 bits per heavy atom. The molecule has 1 aromatic rings. The van der Waals surface area contributed by atoms with Gasteiger partial charge in [0, 0.05) is 12.1 Å². The van der Waals surface area contributed by atoms with Gasteiger partial charge >= 0.3 is 5.69 Å². The van der Waals surface area contributed by atoms with E-state index in [-0.39, 0.29) is 22.7 Å². The number of rotatable bonds is 3. The van der Waals surface area contributed by atoms with E-state index in [0.717, 1.165) is 19.3 Å². The van der Waals surface area contributed by atoms with Gasteiger partial charge < -0.3 is 5.73 Å². The monoisotopic (exact) mass is 313 g/mol. The fraction of sp³-hybridized carbons (Fsp3) is 0.538. The predicted octanol–water partition coefficient (Wildman–Crippen LogP) is 2.13. The summed E-state index contributed by atoms with van der Waals surface area (Å²) in [6.45, 7) is 3.65. The van der Waals surface area contributed by atoms with Crippen LogP contribution in [0.3, 0.4) is 0 Å². The van der Waals surface area contributed by atoms with Crippen molar-refractivity contribution in [3.8, 4) is 0 Å². The van der Waals surface area contributed by atoms with Gasteiger partial charge in [-0.2, -0.15) is 4.31 Å². The van der Waals surface area contributed by atoms with E-state index in [4.69, 9.17) is 5.73 Å². The van der Waals surface area contributed by atoms with E-state index in [1.54, 1.807) is 0 Å². The third kappa shape index (κ3) is 2.73. The van der Waals surface area contributed by atoms with Crippen molar-refractivity contribution in [2.45, 2.75) is 50.1 Å². The molecule has 1 aliphatic rings. The molecule has 1 fully saturated rings. The molecule has 0 radical (unpaired) electrons. The molecule has 0 saturated carbocycles. The van der Waals surface area contributed by atoms with Gasteiger partial charge in [0.25, 0.3) is 0 Å². The lowest BCUT2D eigenvalue weighted by molar-refractivity contribution is -0.386. The standard InChI is InChI=1S/C13H19N3O4S/c1-9-5-3-6-10(2)15(9)21(19,20)12-8-4-7-11(14)13(12)16(17)18/h4,7-10H,3,5-6,14H2,1-2H3/t9-,10+. The van der Waals surface area contributed by atoms with Crippen LogP contribution in [0.1, 0.15) is 33.1 Å². The molecule has 0 aromatic heterocycles. The SMILES string of the molecule is C[C@@H]1CCC[C@H](C)N1S(=O)(=O)c1cccc(N)c1[N+](=O)[O-]. The lowest BCUT2D eigenvalue weighted by Crippen LogP contribution is -2.47. The topological polar surface area (TPSA) is 107 Å². The van der Waals surface area contributed by atoms with Crippen molar-refractivity contribution in [2.75, 3.05) is 5.73 Å². The lowest BCUT2D eigenvalue weighted by atomic mass is 10.0. The average molecular weight is 313 g/mol. The molecule has 8 heteroatoms. The van der Waals surface area contributed by atoms with E-state index >= 15 is 0 Å². The van der Waals surface area contributed by atoms with Crippen LogP contribution in [0.5, 0.6) is 0 Å². The van der Waals surface area contributed by atoms with Crippen LogP contribution in [0.4, 0.5) is 11.4 Å². The molecule has 1 saturated heterocycles. The summed E-state index contributed by atoms with van der Waals surface area (Å²) in [5.41, 5.74) is 4.91. The largest absolute Gasteiger partial charge is 0.393 e. The molecule has 2 atom stereocenters. The van der Waals surface area contributed by atoms with E-state index in [1.165, 1.54) is 22.5 Å². The van der Waals surface area contributed by atoms with E-state index < -0.39 is 20.6 Å². The van der Waals surface area contributed by atoms with Gasteiger partial charge in [-0.15, -0.1) is 0 Å². The van der Waals surface area contributed by atoms with Crippen LogP contribution >= 0.6 is 0 Å². The number of nitrogens with zero attached hydrogens (tertiary/aromatic N) is 2. The number of hydrogen-bond donors (Lipinski definition) is 1. The Kier molecular flexibility index (Phi) is 4.20. The van der Waals surface area contributed by atoms with Gasteiger partial charge in [-0.05, 0) is 38.8 Å². The maximum absolute atomic E-state index is 12.9. The van der Waals surface area contributed by atoms with Crippen LogP contribution in [0.15, 0.2) is 23.1 Å². The minimum absolute atomic E-state index is 0.140. The van der Waals surface area contributed by atoms with Gasteiger partial charge in [-0.25, -0.2) is 8.42 Å². The number of nitro benzene ring substituents is 1. The van der Waals surface area contributed by atoms with Gasteiger partial charge in [0.1, 0.15) is 5.69 Å². The fourth-order valence-corrected chi connectivity index (χ4v) is 5.00. The second kappa shape index (κ2) is 5.61. The van der Waals surface area contributed by atoms with Gasteiger partial charge in [0.15, 0.2) is 4.90 Å². The highest BCUT2D eigenvalue weighted by atomic mass is 32.2. The summed E-state index contributed by atoms with van der Waals surface area (Å²) in [6.07, 6.45) is 2.45. The fourth-order valence-electron chi connectivity index (χ4n) is 2.93. The molecule has 21 heavy (non-hydrogen) atoms. The molecule has 2 rings (SSSR count). The zero-order chi connectivity index (χ0) is 15.8. The van der Waals surface area contributed by atoms with E-state index in [0.29, 0.717) is 0 Å². The van der Waals surface area contributed by atoms with Gasteiger partial charge in [0.2, 0.25) is 10.0 Å². The van der Waals surface area contributed by atoms with Crippen molar-refractivity contribution >= 4 is 21.4 Å². The number of piperidine rings is 1. The quantitative estimate of drug-likeness (QED) is 0.522. The second-order valence-corrected chi connectivity index (χ2v) is 7.23. The average Bonchev–Trinajstić information content (AvgIpc) is 2.37. The van der Waals surface area contributed by atoms with Crippen LogP contribution in [0, 0.1) is 10.1 Å². The maximum Gasteiger partial charge on any atom is 0.312 e. The van der Waals surface area contributed by atoms with Crippen LogP contribution in [0.2, 0.25) is 0 Å². The molecule has 1 heterocycles. The number of benzene rings is 1. The number of nitrogens with two attached hydrogens (primary N) is 1. The van der Waals surface area contributed by atoms with E-state index in [1.807, 2.05) is 13.8 Å². The Bertz CT molecular complexity index is 649. The Hall–Kier alpha value is -1.67. The van der Waals surface area contributed by atoms with Gasteiger partial charge in [-0.1, -0.05) is 12.5 Å². The Morgan fingerprint density at radius 3 is 2.38 bits per heavy atom. The Labute approximate surface area is 123 Å². The zero-order valence-corrected chi connectivity index (χ0v) is 12.8. The third-order valence-corrected chi connectivity index (χ3v) is 6.04. The molecule has 0 amide bonds. The Morgan fingerprint density at radius 1 is 1.29 bits per heavy atom.